The van der Waals surface area contributed by atoms with Crippen LogP contribution >= 0.6 is 0 Å². The summed E-state index contributed by atoms with van der Waals surface area (Å²) < 4.78 is 86.6. The van der Waals surface area contributed by atoms with E-state index in [9.17, 15) is 31.1 Å². The number of nitrogens with zero attached hydrogens (tertiary/aromatic N) is 2. The number of anilines is 1. The van der Waals surface area contributed by atoms with Crippen molar-refractivity contribution in [1.82, 2.24) is 15.3 Å². The molecule has 2 N–H and O–H groups in total. The Balaban J connectivity index is 1.94. The van der Waals surface area contributed by atoms with E-state index in [-0.39, 0.29) is 41.3 Å². The van der Waals surface area contributed by atoms with Crippen molar-refractivity contribution in [3.63, 3.8) is 0 Å². The molecule has 0 aromatic carbocycles. The Kier molecular flexibility index (Phi) is 5.28. The Morgan fingerprint density at radius 3 is 2.68 bits per heavy atom. The van der Waals surface area contributed by atoms with E-state index >= 15 is 0 Å². The lowest BCUT2D eigenvalue weighted by atomic mass is 9.83. The first-order valence-electron chi connectivity index (χ1n) is 9.26. The first-order valence-corrected chi connectivity index (χ1v) is 9.26. The molecule has 1 fully saturated rings. The number of hydrogen-bond acceptors (Lipinski definition) is 5. The van der Waals surface area contributed by atoms with Gasteiger partial charge in [0.2, 0.25) is 0 Å². The number of carbonyl (C=O) groups is 1. The number of nitrogens with one attached hydrogen (secondary N) is 2. The van der Waals surface area contributed by atoms with Gasteiger partial charge in [-0.15, -0.1) is 0 Å². The molecule has 2 aromatic rings. The molecule has 1 unspecified atom stereocenters. The summed E-state index contributed by atoms with van der Waals surface area (Å²) in [6.45, 7) is -0.458. The molecule has 0 spiro atoms. The van der Waals surface area contributed by atoms with E-state index in [1.807, 2.05) is 0 Å². The van der Waals surface area contributed by atoms with Crippen LogP contribution in [0.25, 0.3) is 11.3 Å². The Bertz CT molecular complexity index is 1010. The van der Waals surface area contributed by atoms with Gasteiger partial charge in [-0.25, -0.2) is 18.6 Å². The average molecular weight is 446 g/mol. The van der Waals surface area contributed by atoms with Crippen LogP contribution in [0.2, 0.25) is 0 Å². The lowest BCUT2D eigenvalue weighted by molar-refractivity contribution is -0.137. The van der Waals surface area contributed by atoms with E-state index < -0.39 is 42.5 Å². The summed E-state index contributed by atoms with van der Waals surface area (Å²) in [7, 11) is 0. The summed E-state index contributed by atoms with van der Waals surface area (Å²) in [5.74, 6) is -0.262. The van der Waals surface area contributed by atoms with Crippen molar-refractivity contribution in [3.8, 4) is 11.3 Å². The van der Waals surface area contributed by atoms with E-state index in [4.69, 9.17) is 0 Å². The van der Waals surface area contributed by atoms with Gasteiger partial charge in [0.05, 0.1) is 27.9 Å². The molecule has 2 atom stereocenters. The van der Waals surface area contributed by atoms with Crippen LogP contribution in [-0.4, -0.2) is 42.3 Å². The van der Waals surface area contributed by atoms with E-state index in [1.54, 1.807) is 0 Å². The minimum Gasteiger partial charge on any atom is -0.435 e. The van der Waals surface area contributed by atoms with E-state index in [0.717, 1.165) is 12.3 Å². The third kappa shape index (κ3) is 3.80. The predicted molar refractivity (Wildman–Crippen MR) is 96.5 cm³/mol. The summed E-state index contributed by atoms with van der Waals surface area (Å²) in [5, 5.41) is 5.08. The summed E-state index contributed by atoms with van der Waals surface area (Å²) >= 11 is 0. The number of fused-ring (bicyclic) bond motifs is 1. The maximum absolute atomic E-state index is 13.9. The summed E-state index contributed by atoms with van der Waals surface area (Å²) in [6, 6.07) is 2.69. The fourth-order valence-corrected chi connectivity index (χ4v) is 3.81. The fraction of sp³-hybridized carbons (Fsp3) is 0.421. The first-order chi connectivity index (χ1) is 14.6. The molecule has 0 aliphatic carbocycles. The van der Waals surface area contributed by atoms with Gasteiger partial charge in [-0.2, -0.15) is 13.2 Å². The Morgan fingerprint density at radius 2 is 2.06 bits per heavy atom. The van der Waals surface area contributed by atoms with Crippen LogP contribution in [0.5, 0.6) is 0 Å². The van der Waals surface area contributed by atoms with Crippen LogP contribution < -0.4 is 10.6 Å². The smallest absolute Gasteiger partial charge is 0.416 e. The number of amides is 1. The lowest BCUT2D eigenvalue weighted by Gasteiger charge is -2.28. The molecule has 31 heavy (non-hydrogen) atoms. The highest BCUT2D eigenvalue weighted by Crippen LogP contribution is 2.42. The van der Waals surface area contributed by atoms with Gasteiger partial charge in [-0.3, -0.25) is 14.7 Å². The summed E-state index contributed by atoms with van der Waals surface area (Å²) in [6.07, 6.45) is -9.77. The zero-order valence-corrected chi connectivity index (χ0v) is 15.8. The van der Waals surface area contributed by atoms with E-state index in [2.05, 4.69) is 25.3 Å². The third-order valence-electron chi connectivity index (χ3n) is 5.43. The zero-order valence-electron chi connectivity index (χ0n) is 15.8. The van der Waals surface area contributed by atoms with Crippen molar-refractivity contribution in [1.29, 1.82) is 0 Å². The Hall–Kier alpha value is -2.89. The predicted octanol–water partition coefficient (Wildman–Crippen LogP) is 4.23. The van der Waals surface area contributed by atoms with Gasteiger partial charge in [0.25, 0.3) is 6.43 Å². The number of pyridine rings is 2. The number of ether oxygens (including phenoxy) is 1. The molecule has 6 nitrogen and oxygen atoms in total. The van der Waals surface area contributed by atoms with Gasteiger partial charge in [-0.05, 0) is 31.2 Å². The molecule has 12 heteroatoms. The Morgan fingerprint density at radius 1 is 1.29 bits per heavy atom. The number of carbonyl (C=O) groups excluding carboxylic acids is 1. The fourth-order valence-electron chi connectivity index (χ4n) is 3.81. The molecule has 0 radical (unpaired) electrons. The second-order valence-corrected chi connectivity index (χ2v) is 7.37. The van der Waals surface area contributed by atoms with Crippen molar-refractivity contribution in [2.45, 2.75) is 30.5 Å². The van der Waals surface area contributed by atoms with Crippen LogP contribution in [0.15, 0.2) is 24.4 Å². The lowest BCUT2D eigenvalue weighted by Crippen LogP contribution is -2.33. The van der Waals surface area contributed by atoms with Crippen LogP contribution in [0.1, 0.15) is 29.3 Å². The molecule has 4 rings (SSSR count). The van der Waals surface area contributed by atoms with E-state index in [0.29, 0.717) is 12.6 Å². The average Bonchev–Trinajstić information content (AvgIpc) is 3.22. The molecular weight excluding hydrogens is 430 g/mol. The van der Waals surface area contributed by atoms with Crippen molar-refractivity contribution < 1.29 is 35.9 Å². The van der Waals surface area contributed by atoms with Crippen molar-refractivity contribution in [2.24, 2.45) is 0 Å². The monoisotopic (exact) mass is 446 g/mol. The number of rotatable bonds is 4. The number of hydrogen-bond donors (Lipinski definition) is 2. The molecule has 1 amide bonds. The zero-order chi connectivity index (χ0) is 22.4. The molecule has 0 saturated carbocycles. The maximum Gasteiger partial charge on any atom is 0.416 e. The first kappa shape index (κ1) is 21.3. The van der Waals surface area contributed by atoms with Crippen molar-refractivity contribution >= 4 is 11.9 Å². The largest absolute Gasteiger partial charge is 0.435 e. The van der Waals surface area contributed by atoms with Gasteiger partial charge in [0.15, 0.2) is 6.10 Å². The highest BCUT2D eigenvalue weighted by Gasteiger charge is 2.42. The van der Waals surface area contributed by atoms with Gasteiger partial charge < -0.3 is 10.1 Å². The molecule has 166 valence electrons. The SMILES string of the molecule is O=C1Nc2nccc(-c3cc(C(F)(F)F)cc(C4(CF)CCNC4)n3)c2[C@H](C(F)F)O1. The third-order valence-corrected chi connectivity index (χ3v) is 5.43. The highest BCUT2D eigenvalue weighted by molar-refractivity contribution is 5.89. The molecule has 0 bridgehead atoms. The van der Waals surface area contributed by atoms with Crippen LogP contribution in [-0.2, 0) is 16.3 Å². The van der Waals surface area contributed by atoms with Gasteiger partial charge in [-0.1, -0.05) is 0 Å². The standard InChI is InChI=1S/C19H16F6N4O2/c20-7-18(2-4-26-8-18)12-6-9(19(23,24)25)5-11(28-12)10-1-3-27-16-13(10)14(15(21)22)31-17(30)29-16/h1,3,5-6,14-15,26H,2,4,7-8H2,(H,27,29,30)/t14-,18?/m1/s1. The number of alkyl halides is 6. The molecule has 2 aliphatic rings. The topological polar surface area (TPSA) is 76.1 Å². The second-order valence-electron chi connectivity index (χ2n) is 7.37. The maximum atomic E-state index is 13.9. The highest BCUT2D eigenvalue weighted by atomic mass is 19.4. The summed E-state index contributed by atoms with van der Waals surface area (Å²) in [5.41, 5.74) is -3.21. The second kappa shape index (κ2) is 7.66. The minimum absolute atomic E-state index is 0.0878. The number of cyclic esters (lactones) is 1. The molecule has 1 saturated heterocycles. The number of aromatic nitrogens is 2. The Labute approximate surface area is 172 Å². The quantitative estimate of drug-likeness (QED) is 0.688. The minimum atomic E-state index is -4.78. The number of halogens is 6. The molecule has 2 aromatic heterocycles. The molecular formula is C19H16F6N4O2. The normalized spacial score (nSPS) is 23.5. The summed E-state index contributed by atoms with van der Waals surface area (Å²) in [4.78, 5) is 19.6. The molecule has 2 aliphatic heterocycles. The van der Waals surface area contributed by atoms with Gasteiger partial charge in [0, 0.05) is 18.3 Å². The van der Waals surface area contributed by atoms with Crippen molar-refractivity contribution in [3.05, 3.63) is 41.2 Å². The van der Waals surface area contributed by atoms with Crippen LogP contribution in [0.3, 0.4) is 0 Å². The van der Waals surface area contributed by atoms with Gasteiger partial charge >= 0.3 is 12.3 Å². The van der Waals surface area contributed by atoms with Crippen LogP contribution in [0, 0.1) is 0 Å². The van der Waals surface area contributed by atoms with Crippen LogP contribution in [0.4, 0.5) is 37.0 Å². The van der Waals surface area contributed by atoms with Gasteiger partial charge in [0.1, 0.15) is 12.5 Å². The van der Waals surface area contributed by atoms with Crippen molar-refractivity contribution in [2.75, 3.05) is 25.1 Å². The molecule has 4 heterocycles. The van der Waals surface area contributed by atoms with E-state index in [1.165, 1.54) is 6.07 Å².